The highest BCUT2D eigenvalue weighted by Crippen LogP contribution is 2.49. The van der Waals surface area contributed by atoms with Crippen molar-refractivity contribution in [1.29, 1.82) is 0 Å². The van der Waals surface area contributed by atoms with Crippen molar-refractivity contribution < 1.29 is 5.11 Å². The van der Waals surface area contributed by atoms with E-state index >= 15 is 0 Å². The van der Waals surface area contributed by atoms with Crippen molar-refractivity contribution in [1.82, 2.24) is 0 Å². The van der Waals surface area contributed by atoms with Gasteiger partial charge in [-0.3, -0.25) is 0 Å². The van der Waals surface area contributed by atoms with Crippen LogP contribution in [0.4, 0.5) is 0 Å². The number of rotatable bonds is 5. The van der Waals surface area contributed by atoms with Crippen molar-refractivity contribution in [2.45, 2.75) is 50.0 Å². The van der Waals surface area contributed by atoms with Gasteiger partial charge >= 0.3 is 0 Å². The van der Waals surface area contributed by atoms with Crippen LogP contribution < -0.4 is 5.73 Å². The summed E-state index contributed by atoms with van der Waals surface area (Å²) in [6, 6.07) is 8.07. The Morgan fingerprint density at radius 1 is 1.33 bits per heavy atom. The smallest absolute Gasteiger partial charge is 0.0640 e. The minimum absolute atomic E-state index is 0.128. The van der Waals surface area contributed by atoms with Gasteiger partial charge in [-0.15, -0.1) is 0 Å². The lowest BCUT2D eigenvalue weighted by Crippen LogP contribution is -2.43. The van der Waals surface area contributed by atoms with E-state index in [0.29, 0.717) is 13.0 Å². The van der Waals surface area contributed by atoms with Gasteiger partial charge in [0, 0.05) is 5.02 Å². The van der Waals surface area contributed by atoms with E-state index < -0.39 is 5.60 Å². The molecule has 0 amide bonds. The van der Waals surface area contributed by atoms with E-state index in [1.807, 2.05) is 19.1 Å². The van der Waals surface area contributed by atoms with Crippen LogP contribution in [-0.2, 0) is 5.41 Å². The molecular weight excluding hydrogens is 246 g/mol. The third kappa shape index (κ3) is 2.87. The van der Waals surface area contributed by atoms with Crippen molar-refractivity contribution >= 4 is 11.6 Å². The molecule has 1 atom stereocenters. The molecule has 1 aliphatic rings. The van der Waals surface area contributed by atoms with Crippen molar-refractivity contribution in [3.05, 3.63) is 34.9 Å². The fourth-order valence-corrected chi connectivity index (χ4v) is 3.23. The average Bonchev–Trinajstić information content (AvgIpc) is 2.25. The summed E-state index contributed by atoms with van der Waals surface area (Å²) in [5.41, 5.74) is 6.33. The summed E-state index contributed by atoms with van der Waals surface area (Å²) in [6.07, 6.45) is 4.98. The molecule has 1 aromatic carbocycles. The van der Waals surface area contributed by atoms with Crippen molar-refractivity contribution in [2.24, 2.45) is 5.73 Å². The summed E-state index contributed by atoms with van der Waals surface area (Å²) in [4.78, 5) is 0. The van der Waals surface area contributed by atoms with Crippen LogP contribution in [-0.4, -0.2) is 17.3 Å². The highest BCUT2D eigenvalue weighted by Gasteiger charge is 2.43. The standard InChI is InChI=1S/C15H22ClNO/c1-14(18,9-10-17)11-15(7-2-8-15)12-3-5-13(16)6-4-12/h3-6,18H,2,7-11,17H2,1H3/t14-/m0/s1. The van der Waals surface area contributed by atoms with Crippen LogP contribution in [0.15, 0.2) is 24.3 Å². The molecule has 0 heterocycles. The second-order valence-electron chi connectivity index (χ2n) is 5.85. The quantitative estimate of drug-likeness (QED) is 0.860. The number of aliphatic hydroxyl groups is 1. The normalized spacial score (nSPS) is 21.1. The molecule has 0 bridgehead atoms. The molecule has 0 unspecified atom stereocenters. The van der Waals surface area contributed by atoms with Crippen LogP contribution in [0.5, 0.6) is 0 Å². The molecule has 0 aromatic heterocycles. The van der Waals surface area contributed by atoms with Gasteiger partial charge in [0.2, 0.25) is 0 Å². The van der Waals surface area contributed by atoms with Gasteiger partial charge < -0.3 is 10.8 Å². The van der Waals surface area contributed by atoms with Gasteiger partial charge in [0.15, 0.2) is 0 Å². The zero-order valence-corrected chi connectivity index (χ0v) is 11.7. The molecule has 2 nitrogen and oxygen atoms in total. The molecule has 1 aromatic rings. The molecule has 0 spiro atoms. The maximum atomic E-state index is 10.4. The number of benzene rings is 1. The number of hydrogen-bond acceptors (Lipinski definition) is 2. The first-order valence-electron chi connectivity index (χ1n) is 6.66. The summed E-state index contributed by atoms with van der Waals surface area (Å²) in [6.45, 7) is 2.43. The van der Waals surface area contributed by atoms with Gasteiger partial charge in [-0.25, -0.2) is 0 Å². The van der Waals surface area contributed by atoms with Gasteiger partial charge in [-0.1, -0.05) is 30.2 Å². The minimum Gasteiger partial charge on any atom is -0.390 e. The van der Waals surface area contributed by atoms with E-state index in [1.165, 1.54) is 12.0 Å². The van der Waals surface area contributed by atoms with E-state index in [4.69, 9.17) is 17.3 Å². The van der Waals surface area contributed by atoms with Crippen LogP contribution in [0.1, 0.15) is 44.6 Å². The molecule has 1 aliphatic carbocycles. The highest BCUT2D eigenvalue weighted by molar-refractivity contribution is 6.30. The third-order valence-electron chi connectivity index (χ3n) is 4.17. The SMILES string of the molecule is C[C@](O)(CCN)CC1(c2ccc(Cl)cc2)CCC1. The van der Waals surface area contributed by atoms with E-state index in [2.05, 4.69) is 12.1 Å². The summed E-state index contributed by atoms with van der Waals surface area (Å²) in [5.74, 6) is 0. The van der Waals surface area contributed by atoms with Crippen LogP contribution in [0.2, 0.25) is 5.02 Å². The van der Waals surface area contributed by atoms with E-state index in [0.717, 1.165) is 24.3 Å². The topological polar surface area (TPSA) is 46.2 Å². The average molecular weight is 268 g/mol. The summed E-state index contributed by atoms with van der Waals surface area (Å²) < 4.78 is 0. The van der Waals surface area contributed by atoms with Gasteiger partial charge in [0.1, 0.15) is 0 Å². The Labute approximate surface area is 114 Å². The van der Waals surface area contributed by atoms with Crippen LogP contribution in [0.3, 0.4) is 0 Å². The lowest BCUT2D eigenvalue weighted by molar-refractivity contribution is 0.00150. The molecule has 0 radical (unpaired) electrons. The van der Waals surface area contributed by atoms with Crippen molar-refractivity contribution in [3.63, 3.8) is 0 Å². The first kappa shape index (κ1) is 13.9. The fourth-order valence-electron chi connectivity index (χ4n) is 3.10. The number of halogens is 1. The molecular formula is C15H22ClNO. The maximum absolute atomic E-state index is 10.4. The van der Waals surface area contributed by atoms with Gasteiger partial charge in [0.05, 0.1) is 5.60 Å². The summed E-state index contributed by atoms with van der Waals surface area (Å²) >= 11 is 5.94. The Balaban J connectivity index is 2.18. The first-order valence-corrected chi connectivity index (χ1v) is 7.04. The lowest BCUT2D eigenvalue weighted by atomic mass is 9.59. The second-order valence-corrected chi connectivity index (χ2v) is 6.29. The largest absolute Gasteiger partial charge is 0.390 e. The monoisotopic (exact) mass is 267 g/mol. The summed E-state index contributed by atoms with van der Waals surface area (Å²) in [7, 11) is 0. The van der Waals surface area contributed by atoms with E-state index in [1.54, 1.807) is 0 Å². The van der Waals surface area contributed by atoms with Crippen molar-refractivity contribution in [3.8, 4) is 0 Å². The molecule has 0 aliphatic heterocycles. The Morgan fingerprint density at radius 3 is 2.39 bits per heavy atom. The van der Waals surface area contributed by atoms with Crippen LogP contribution in [0, 0.1) is 0 Å². The third-order valence-corrected chi connectivity index (χ3v) is 4.42. The molecule has 18 heavy (non-hydrogen) atoms. The Hall–Kier alpha value is -0.570. The Morgan fingerprint density at radius 2 is 1.94 bits per heavy atom. The molecule has 3 heteroatoms. The first-order chi connectivity index (χ1) is 8.47. The zero-order chi connectivity index (χ0) is 13.2. The van der Waals surface area contributed by atoms with E-state index in [9.17, 15) is 5.11 Å². The maximum Gasteiger partial charge on any atom is 0.0640 e. The fraction of sp³-hybridized carbons (Fsp3) is 0.600. The minimum atomic E-state index is -0.672. The van der Waals surface area contributed by atoms with Crippen LogP contribution >= 0.6 is 11.6 Å². The Kier molecular flexibility index (Phi) is 4.00. The van der Waals surface area contributed by atoms with Gasteiger partial charge in [-0.05, 0) is 62.3 Å². The zero-order valence-electron chi connectivity index (χ0n) is 11.0. The van der Waals surface area contributed by atoms with Crippen molar-refractivity contribution in [2.75, 3.05) is 6.54 Å². The number of nitrogens with two attached hydrogens (primary N) is 1. The molecule has 2 rings (SSSR count). The predicted molar refractivity (Wildman–Crippen MR) is 75.9 cm³/mol. The van der Waals surface area contributed by atoms with E-state index in [-0.39, 0.29) is 5.41 Å². The molecule has 1 saturated carbocycles. The van der Waals surface area contributed by atoms with Crippen LogP contribution in [0.25, 0.3) is 0 Å². The van der Waals surface area contributed by atoms with Gasteiger partial charge in [0.25, 0.3) is 0 Å². The second kappa shape index (κ2) is 5.20. The summed E-state index contributed by atoms with van der Waals surface area (Å²) in [5, 5.41) is 11.2. The number of hydrogen-bond donors (Lipinski definition) is 2. The molecule has 0 saturated heterocycles. The molecule has 1 fully saturated rings. The van der Waals surface area contributed by atoms with Gasteiger partial charge in [-0.2, -0.15) is 0 Å². The predicted octanol–water partition coefficient (Wildman–Crippen LogP) is 3.25. The highest BCUT2D eigenvalue weighted by atomic mass is 35.5. The Bertz CT molecular complexity index is 395. The molecule has 3 N–H and O–H groups in total. The lowest BCUT2D eigenvalue weighted by Gasteiger charge is -2.46. The molecule has 100 valence electrons.